The van der Waals surface area contributed by atoms with Crippen molar-refractivity contribution in [1.82, 2.24) is 10.2 Å². The number of benzene rings is 2. The number of nitrogens with zero attached hydrogens (tertiary/aromatic N) is 2. The Hall–Kier alpha value is -2.76. The van der Waals surface area contributed by atoms with Gasteiger partial charge in [0.25, 0.3) is 0 Å². The quantitative estimate of drug-likeness (QED) is 0.356. The van der Waals surface area contributed by atoms with Gasteiger partial charge in [-0.3, -0.25) is 14.9 Å². The van der Waals surface area contributed by atoms with Crippen molar-refractivity contribution in [3.63, 3.8) is 0 Å². The lowest BCUT2D eigenvalue weighted by Gasteiger charge is -2.05. The summed E-state index contributed by atoms with van der Waals surface area (Å²) in [6.45, 7) is 0.185. The molecule has 4 rings (SSSR count). The first-order chi connectivity index (χ1) is 15.2. The second-order valence-corrected chi connectivity index (χ2v) is 9.49. The van der Waals surface area contributed by atoms with E-state index in [1.807, 2.05) is 30.3 Å². The van der Waals surface area contributed by atoms with Gasteiger partial charge in [-0.15, -0.1) is 22.0 Å². The van der Waals surface area contributed by atoms with Crippen LogP contribution in [-0.4, -0.2) is 40.3 Å². The van der Waals surface area contributed by atoms with E-state index in [2.05, 4.69) is 20.8 Å². The van der Waals surface area contributed by atoms with Crippen molar-refractivity contribution < 1.29 is 19.1 Å². The van der Waals surface area contributed by atoms with Gasteiger partial charge in [-0.05, 0) is 17.7 Å². The number of carbonyl (C=O) groups excluding carboxylic acids is 2. The van der Waals surface area contributed by atoms with Crippen LogP contribution >= 0.6 is 34.9 Å². The van der Waals surface area contributed by atoms with Gasteiger partial charge < -0.3 is 14.8 Å². The maximum atomic E-state index is 12.2. The summed E-state index contributed by atoms with van der Waals surface area (Å²) in [7, 11) is 0. The van der Waals surface area contributed by atoms with Crippen molar-refractivity contribution in [3.8, 4) is 11.5 Å². The van der Waals surface area contributed by atoms with E-state index in [-0.39, 0.29) is 24.4 Å². The lowest BCUT2D eigenvalue weighted by atomic mass is 10.2. The molecule has 1 aliphatic heterocycles. The third-order valence-electron chi connectivity index (χ3n) is 3.98. The Kier molecular flexibility index (Phi) is 7.28. The Morgan fingerprint density at radius 2 is 1.77 bits per heavy atom. The molecular weight excluding hydrogens is 456 g/mol. The molecule has 0 spiro atoms. The average molecular weight is 475 g/mol. The summed E-state index contributed by atoms with van der Waals surface area (Å²) in [5, 5.41) is 14.0. The van der Waals surface area contributed by atoms with Crippen molar-refractivity contribution >= 4 is 57.5 Å². The van der Waals surface area contributed by atoms with E-state index in [0.717, 1.165) is 5.75 Å². The van der Waals surface area contributed by atoms with Crippen LogP contribution in [0.4, 0.5) is 10.8 Å². The molecule has 0 bridgehead atoms. The molecule has 0 unspecified atom stereocenters. The Labute approximate surface area is 191 Å². The molecule has 2 amide bonds. The SMILES string of the molecule is O=C(CSc1nnc(NC(=O)CSCc2ccccc2)s1)Nc1ccc2c(c1)OCO2. The molecule has 2 N–H and O–H groups in total. The molecule has 2 aromatic carbocycles. The predicted molar refractivity (Wildman–Crippen MR) is 123 cm³/mol. The summed E-state index contributed by atoms with van der Waals surface area (Å²) >= 11 is 4.03. The fraction of sp³-hybridized carbons (Fsp3) is 0.200. The second kappa shape index (κ2) is 10.5. The first kappa shape index (κ1) is 21.5. The van der Waals surface area contributed by atoms with Crippen LogP contribution in [0.15, 0.2) is 52.9 Å². The molecule has 11 heteroatoms. The summed E-state index contributed by atoms with van der Waals surface area (Å²) in [6.07, 6.45) is 0. The molecule has 3 aromatic rings. The molecule has 0 atom stereocenters. The fourth-order valence-corrected chi connectivity index (χ4v) is 4.96. The molecule has 0 radical (unpaired) electrons. The second-order valence-electron chi connectivity index (χ2n) is 6.30. The normalized spacial score (nSPS) is 11.9. The molecule has 31 heavy (non-hydrogen) atoms. The van der Waals surface area contributed by atoms with E-state index in [1.54, 1.807) is 18.2 Å². The zero-order valence-electron chi connectivity index (χ0n) is 16.2. The van der Waals surface area contributed by atoms with Gasteiger partial charge in [-0.2, -0.15) is 0 Å². The predicted octanol–water partition coefficient (Wildman–Crippen LogP) is 3.87. The Bertz CT molecular complexity index is 1060. The molecule has 0 saturated carbocycles. The van der Waals surface area contributed by atoms with Gasteiger partial charge in [-0.25, -0.2) is 0 Å². The van der Waals surface area contributed by atoms with Crippen LogP contribution in [0.5, 0.6) is 11.5 Å². The van der Waals surface area contributed by atoms with E-state index in [0.29, 0.717) is 32.4 Å². The minimum Gasteiger partial charge on any atom is -0.454 e. The molecule has 1 aromatic heterocycles. The van der Waals surface area contributed by atoms with Crippen molar-refractivity contribution in [1.29, 1.82) is 0 Å². The van der Waals surface area contributed by atoms with Gasteiger partial charge in [0, 0.05) is 17.5 Å². The number of thioether (sulfide) groups is 2. The van der Waals surface area contributed by atoms with E-state index in [1.165, 1.54) is 40.4 Å². The summed E-state index contributed by atoms with van der Waals surface area (Å²) in [4.78, 5) is 24.3. The van der Waals surface area contributed by atoms with Crippen molar-refractivity contribution in [2.24, 2.45) is 0 Å². The topological polar surface area (TPSA) is 102 Å². The van der Waals surface area contributed by atoms with Gasteiger partial charge >= 0.3 is 0 Å². The van der Waals surface area contributed by atoms with E-state index in [9.17, 15) is 9.59 Å². The van der Waals surface area contributed by atoms with Crippen LogP contribution in [-0.2, 0) is 15.3 Å². The van der Waals surface area contributed by atoms with Crippen LogP contribution in [0.2, 0.25) is 0 Å². The maximum Gasteiger partial charge on any atom is 0.236 e. The van der Waals surface area contributed by atoms with Gasteiger partial charge in [0.05, 0.1) is 11.5 Å². The fourth-order valence-electron chi connectivity index (χ4n) is 2.61. The smallest absolute Gasteiger partial charge is 0.236 e. The summed E-state index contributed by atoms with van der Waals surface area (Å²) in [5.41, 5.74) is 1.81. The summed E-state index contributed by atoms with van der Waals surface area (Å²) in [5.74, 6) is 2.23. The minimum absolute atomic E-state index is 0.130. The lowest BCUT2D eigenvalue weighted by Crippen LogP contribution is -2.14. The zero-order valence-corrected chi connectivity index (χ0v) is 18.6. The number of hydrogen-bond donors (Lipinski definition) is 2. The molecule has 2 heterocycles. The van der Waals surface area contributed by atoms with Crippen molar-refractivity contribution in [2.75, 3.05) is 28.9 Å². The largest absolute Gasteiger partial charge is 0.454 e. The van der Waals surface area contributed by atoms with E-state index >= 15 is 0 Å². The standard InChI is InChI=1S/C20H18N4O4S3/c25-17(10-29-9-13-4-2-1-3-5-13)22-19-23-24-20(31-19)30-11-18(26)21-14-6-7-15-16(8-14)28-12-27-15/h1-8H,9-12H2,(H,21,26)(H,22,23,25). The van der Waals surface area contributed by atoms with Crippen molar-refractivity contribution in [3.05, 3.63) is 54.1 Å². The highest BCUT2D eigenvalue weighted by atomic mass is 32.2. The molecule has 0 saturated heterocycles. The highest BCUT2D eigenvalue weighted by molar-refractivity contribution is 8.01. The Morgan fingerprint density at radius 3 is 2.65 bits per heavy atom. The number of anilines is 2. The zero-order chi connectivity index (χ0) is 21.5. The van der Waals surface area contributed by atoms with E-state index < -0.39 is 0 Å². The first-order valence-electron chi connectivity index (χ1n) is 9.23. The molecule has 0 fully saturated rings. The summed E-state index contributed by atoms with van der Waals surface area (Å²) in [6, 6.07) is 15.2. The molecule has 0 aliphatic carbocycles. The third kappa shape index (κ3) is 6.36. The first-order valence-corrected chi connectivity index (χ1v) is 12.2. The molecule has 8 nitrogen and oxygen atoms in total. The Morgan fingerprint density at radius 1 is 0.968 bits per heavy atom. The van der Waals surface area contributed by atoms with Crippen LogP contribution in [0.1, 0.15) is 5.56 Å². The Balaban J connectivity index is 1.18. The molecular formula is C20H18N4O4S3. The van der Waals surface area contributed by atoms with Gasteiger partial charge in [0.1, 0.15) is 0 Å². The van der Waals surface area contributed by atoms with Crippen LogP contribution < -0.4 is 20.1 Å². The highest BCUT2D eigenvalue weighted by Crippen LogP contribution is 2.34. The van der Waals surface area contributed by atoms with Gasteiger partial charge in [0.2, 0.25) is 23.7 Å². The number of carbonyl (C=O) groups is 2. The van der Waals surface area contributed by atoms with Crippen LogP contribution in [0.3, 0.4) is 0 Å². The van der Waals surface area contributed by atoms with Gasteiger partial charge in [-0.1, -0.05) is 53.4 Å². The van der Waals surface area contributed by atoms with Gasteiger partial charge in [0.15, 0.2) is 15.8 Å². The average Bonchev–Trinajstić information content (AvgIpc) is 3.42. The lowest BCUT2D eigenvalue weighted by molar-refractivity contribution is -0.114. The number of amides is 2. The highest BCUT2D eigenvalue weighted by Gasteiger charge is 2.15. The number of hydrogen-bond acceptors (Lipinski definition) is 9. The minimum atomic E-state index is -0.179. The monoisotopic (exact) mass is 474 g/mol. The van der Waals surface area contributed by atoms with Crippen LogP contribution in [0.25, 0.3) is 0 Å². The number of nitrogens with one attached hydrogen (secondary N) is 2. The number of ether oxygens (including phenoxy) is 2. The van der Waals surface area contributed by atoms with Crippen molar-refractivity contribution in [2.45, 2.75) is 10.1 Å². The summed E-state index contributed by atoms with van der Waals surface area (Å²) < 4.78 is 11.2. The number of rotatable bonds is 9. The number of fused-ring (bicyclic) bond motifs is 1. The maximum absolute atomic E-state index is 12.2. The molecule has 1 aliphatic rings. The van der Waals surface area contributed by atoms with Crippen LogP contribution in [0, 0.1) is 0 Å². The van der Waals surface area contributed by atoms with E-state index in [4.69, 9.17) is 9.47 Å². The number of aromatic nitrogens is 2. The molecule has 160 valence electrons. The third-order valence-corrected chi connectivity index (χ3v) is 6.96.